The molecule has 0 saturated heterocycles. The molecule has 5 nitrogen and oxygen atoms in total. The number of aliphatic hydroxyl groups is 1. The van der Waals surface area contributed by atoms with Crippen LogP contribution in [0.1, 0.15) is 55.5 Å². The Morgan fingerprint density at radius 1 is 1.26 bits per heavy atom. The third-order valence-electron chi connectivity index (χ3n) is 4.46. The van der Waals surface area contributed by atoms with Gasteiger partial charge in [0.15, 0.2) is 6.10 Å². The highest BCUT2D eigenvalue weighted by Crippen LogP contribution is 2.23. The molecule has 1 amide bonds. The molecule has 0 bridgehead atoms. The number of aliphatic hydroxyl groups excluding tert-OH is 1. The lowest BCUT2D eigenvalue weighted by molar-refractivity contribution is -0.130. The van der Waals surface area contributed by atoms with Crippen LogP contribution in [-0.4, -0.2) is 29.1 Å². The maximum absolute atomic E-state index is 12.2. The molecule has 1 fully saturated rings. The monoisotopic (exact) mass is 319 g/mol. The summed E-state index contributed by atoms with van der Waals surface area (Å²) in [5, 5.41) is 12.0. The van der Waals surface area contributed by atoms with Crippen molar-refractivity contribution in [3.05, 3.63) is 35.4 Å². The van der Waals surface area contributed by atoms with E-state index in [1.54, 1.807) is 31.2 Å². The molecule has 5 heteroatoms. The van der Waals surface area contributed by atoms with Crippen LogP contribution in [0.5, 0.6) is 0 Å². The highest BCUT2D eigenvalue weighted by atomic mass is 16.5. The van der Waals surface area contributed by atoms with E-state index in [0.717, 1.165) is 24.8 Å². The average Bonchev–Trinajstić information content (AvgIpc) is 2.56. The minimum absolute atomic E-state index is 0.0757. The Kier molecular flexibility index (Phi) is 6.16. The van der Waals surface area contributed by atoms with E-state index < -0.39 is 12.1 Å². The van der Waals surface area contributed by atoms with Gasteiger partial charge >= 0.3 is 5.97 Å². The molecule has 1 aliphatic rings. The van der Waals surface area contributed by atoms with Crippen molar-refractivity contribution in [2.24, 2.45) is 5.92 Å². The minimum atomic E-state index is -0.825. The second-order valence-electron chi connectivity index (χ2n) is 6.28. The van der Waals surface area contributed by atoms with E-state index in [9.17, 15) is 9.59 Å². The molecule has 1 aromatic carbocycles. The van der Waals surface area contributed by atoms with Gasteiger partial charge in [0.25, 0.3) is 5.91 Å². The molecular weight excluding hydrogens is 294 g/mol. The number of ether oxygens (including phenoxy) is 1. The van der Waals surface area contributed by atoms with Crippen LogP contribution >= 0.6 is 0 Å². The summed E-state index contributed by atoms with van der Waals surface area (Å²) < 4.78 is 5.24. The van der Waals surface area contributed by atoms with E-state index in [1.165, 1.54) is 6.42 Å². The Balaban J connectivity index is 1.87. The summed E-state index contributed by atoms with van der Waals surface area (Å²) in [5.74, 6) is -0.320. The normalized spacial score (nSPS) is 22.2. The van der Waals surface area contributed by atoms with Gasteiger partial charge in [-0.05, 0) is 43.4 Å². The van der Waals surface area contributed by atoms with Crippen molar-refractivity contribution in [1.29, 1.82) is 0 Å². The number of esters is 1. The first-order valence-corrected chi connectivity index (χ1v) is 8.22. The number of nitrogens with one attached hydrogen (secondary N) is 1. The van der Waals surface area contributed by atoms with E-state index in [-0.39, 0.29) is 18.6 Å². The summed E-state index contributed by atoms with van der Waals surface area (Å²) in [6.45, 7) is 3.65. The third kappa shape index (κ3) is 4.79. The maximum atomic E-state index is 12.2. The van der Waals surface area contributed by atoms with Gasteiger partial charge in [0.2, 0.25) is 0 Å². The topological polar surface area (TPSA) is 75.6 Å². The van der Waals surface area contributed by atoms with Crippen LogP contribution in [0.2, 0.25) is 0 Å². The zero-order valence-corrected chi connectivity index (χ0v) is 13.7. The highest BCUT2D eigenvalue weighted by Gasteiger charge is 2.26. The molecule has 0 unspecified atom stereocenters. The second-order valence-corrected chi connectivity index (χ2v) is 6.28. The van der Waals surface area contributed by atoms with Crippen molar-refractivity contribution in [1.82, 2.24) is 5.32 Å². The van der Waals surface area contributed by atoms with Crippen LogP contribution in [0.25, 0.3) is 0 Å². The predicted molar refractivity (Wildman–Crippen MR) is 86.8 cm³/mol. The molecule has 2 N–H and O–H groups in total. The number of carbonyl (C=O) groups is 2. The Morgan fingerprint density at radius 2 is 1.91 bits per heavy atom. The Bertz CT molecular complexity index is 540. The summed E-state index contributed by atoms with van der Waals surface area (Å²) in [4.78, 5) is 24.3. The first-order chi connectivity index (χ1) is 11.0. The molecule has 1 saturated carbocycles. The van der Waals surface area contributed by atoms with Crippen LogP contribution in [-0.2, 0) is 16.1 Å². The number of hydrogen-bond acceptors (Lipinski definition) is 4. The quantitative estimate of drug-likeness (QED) is 0.817. The highest BCUT2D eigenvalue weighted by molar-refractivity contribution is 5.92. The first-order valence-electron chi connectivity index (χ1n) is 8.22. The van der Waals surface area contributed by atoms with Crippen LogP contribution in [0, 0.1) is 5.92 Å². The molecule has 1 aromatic rings. The van der Waals surface area contributed by atoms with Crippen molar-refractivity contribution >= 4 is 11.9 Å². The summed E-state index contributed by atoms with van der Waals surface area (Å²) in [6.07, 6.45) is 3.61. The van der Waals surface area contributed by atoms with Gasteiger partial charge in [0.05, 0.1) is 12.2 Å². The van der Waals surface area contributed by atoms with Gasteiger partial charge in [-0.1, -0.05) is 31.9 Å². The zero-order chi connectivity index (χ0) is 16.8. The van der Waals surface area contributed by atoms with Crippen molar-refractivity contribution in [3.8, 4) is 0 Å². The van der Waals surface area contributed by atoms with Crippen molar-refractivity contribution < 1.29 is 19.4 Å². The molecule has 0 spiro atoms. The van der Waals surface area contributed by atoms with Gasteiger partial charge in [0.1, 0.15) is 0 Å². The molecule has 23 heavy (non-hydrogen) atoms. The number of hydrogen-bond donors (Lipinski definition) is 2. The largest absolute Gasteiger partial charge is 0.449 e. The van der Waals surface area contributed by atoms with Crippen molar-refractivity contribution in [2.75, 3.05) is 0 Å². The summed E-state index contributed by atoms with van der Waals surface area (Å²) in [6, 6.07) is 6.65. The van der Waals surface area contributed by atoms with Crippen LogP contribution in [0.15, 0.2) is 24.3 Å². The fourth-order valence-electron chi connectivity index (χ4n) is 2.86. The van der Waals surface area contributed by atoms with Crippen LogP contribution < -0.4 is 5.32 Å². The van der Waals surface area contributed by atoms with Crippen molar-refractivity contribution in [2.45, 2.75) is 58.3 Å². The van der Waals surface area contributed by atoms with E-state index in [4.69, 9.17) is 9.84 Å². The minimum Gasteiger partial charge on any atom is -0.449 e. The first kappa shape index (κ1) is 17.5. The smallest absolute Gasteiger partial charge is 0.338 e. The van der Waals surface area contributed by atoms with E-state index in [1.807, 2.05) is 0 Å². The van der Waals surface area contributed by atoms with Gasteiger partial charge in [-0.25, -0.2) is 4.79 Å². The molecule has 0 heterocycles. The predicted octanol–water partition coefficient (Wildman–Crippen LogP) is 2.42. The molecule has 126 valence electrons. The fraction of sp³-hybridized carbons (Fsp3) is 0.556. The number of benzene rings is 1. The molecular formula is C18H25NO4. The molecule has 0 aromatic heterocycles. The van der Waals surface area contributed by atoms with Gasteiger partial charge in [0, 0.05) is 6.04 Å². The van der Waals surface area contributed by atoms with Gasteiger partial charge in [-0.3, -0.25) is 4.79 Å². The summed E-state index contributed by atoms with van der Waals surface area (Å²) in [7, 11) is 0. The van der Waals surface area contributed by atoms with E-state index >= 15 is 0 Å². The van der Waals surface area contributed by atoms with Gasteiger partial charge < -0.3 is 15.2 Å². The van der Waals surface area contributed by atoms with Crippen molar-refractivity contribution in [3.63, 3.8) is 0 Å². The van der Waals surface area contributed by atoms with Gasteiger partial charge in [-0.15, -0.1) is 0 Å². The van der Waals surface area contributed by atoms with Crippen LogP contribution in [0.3, 0.4) is 0 Å². The van der Waals surface area contributed by atoms with Gasteiger partial charge in [-0.2, -0.15) is 0 Å². The average molecular weight is 319 g/mol. The Labute approximate surface area is 137 Å². The van der Waals surface area contributed by atoms with Crippen LogP contribution in [0.4, 0.5) is 0 Å². The molecule has 2 rings (SSSR count). The fourth-order valence-corrected chi connectivity index (χ4v) is 2.86. The zero-order valence-electron chi connectivity index (χ0n) is 13.7. The second kappa shape index (κ2) is 8.11. The maximum Gasteiger partial charge on any atom is 0.338 e. The Hall–Kier alpha value is -1.88. The number of amides is 1. The summed E-state index contributed by atoms with van der Waals surface area (Å²) in [5.41, 5.74) is 1.09. The van der Waals surface area contributed by atoms with E-state index in [2.05, 4.69) is 12.2 Å². The standard InChI is InChI=1S/C18H25NO4/c1-12-5-3-4-6-16(12)19-17(21)13(2)23-18(22)15-9-7-14(11-20)8-10-15/h7-10,12-13,16,20H,3-6,11H2,1-2H3,(H,19,21)/t12-,13-,16+/m1/s1. The molecule has 0 aliphatic heterocycles. The third-order valence-corrected chi connectivity index (χ3v) is 4.46. The SMILES string of the molecule is C[C@@H]1CCCC[C@@H]1NC(=O)[C@@H](C)OC(=O)c1ccc(CO)cc1. The summed E-state index contributed by atoms with van der Waals surface area (Å²) >= 11 is 0. The lowest BCUT2D eigenvalue weighted by Crippen LogP contribution is -2.45. The molecule has 3 atom stereocenters. The lowest BCUT2D eigenvalue weighted by Gasteiger charge is -2.30. The molecule has 1 aliphatic carbocycles. The molecule has 0 radical (unpaired) electrons. The Morgan fingerprint density at radius 3 is 2.52 bits per heavy atom. The van der Waals surface area contributed by atoms with E-state index in [0.29, 0.717) is 11.5 Å². The number of rotatable bonds is 5. The number of carbonyl (C=O) groups excluding carboxylic acids is 2. The lowest BCUT2D eigenvalue weighted by atomic mass is 9.86.